The van der Waals surface area contributed by atoms with Crippen LogP contribution >= 0.6 is 11.6 Å². The minimum atomic E-state index is -3.89. The zero-order valence-electron chi connectivity index (χ0n) is 22.4. The van der Waals surface area contributed by atoms with Gasteiger partial charge in [-0.2, -0.15) is 4.31 Å². The molecule has 1 atom stereocenters. The van der Waals surface area contributed by atoms with Gasteiger partial charge in [-0.25, -0.2) is 13.2 Å². The first-order chi connectivity index (χ1) is 18.4. The fourth-order valence-electron chi connectivity index (χ4n) is 5.33. The summed E-state index contributed by atoms with van der Waals surface area (Å²) in [5, 5.41) is 23.5. The molecule has 3 aromatic rings. The highest BCUT2D eigenvalue weighted by Crippen LogP contribution is 2.32. The van der Waals surface area contributed by atoms with Crippen molar-refractivity contribution in [2.24, 2.45) is 5.92 Å². The third-order valence-corrected chi connectivity index (χ3v) is 9.42. The SMILES string of the molecule is CN(CC(O)CNC(C)(C)CC1Cc2ccccc2C1)S(=O)(=O)c1cccc(-c2ccc(C(=O)O)cc2Cl)c1. The van der Waals surface area contributed by atoms with E-state index in [0.717, 1.165) is 23.6 Å². The minimum absolute atomic E-state index is 0.0476. The first-order valence-electron chi connectivity index (χ1n) is 13.0. The summed E-state index contributed by atoms with van der Waals surface area (Å²) in [5.74, 6) is -0.562. The van der Waals surface area contributed by atoms with E-state index in [4.69, 9.17) is 16.7 Å². The Morgan fingerprint density at radius 3 is 2.36 bits per heavy atom. The van der Waals surface area contributed by atoms with Gasteiger partial charge in [0.2, 0.25) is 10.0 Å². The van der Waals surface area contributed by atoms with Gasteiger partial charge in [0.15, 0.2) is 0 Å². The van der Waals surface area contributed by atoms with Crippen LogP contribution in [0.3, 0.4) is 0 Å². The maximum Gasteiger partial charge on any atom is 0.335 e. The first-order valence-corrected chi connectivity index (χ1v) is 14.8. The Morgan fingerprint density at radius 1 is 1.08 bits per heavy atom. The molecule has 0 radical (unpaired) electrons. The molecule has 0 bridgehead atoms. The molecule has 4 rings (SSSR count). The Hall–Kier alpha value is -2.75. The van der Waals surface area contributed by atoms with Crippen molar-refractivity contribution in [2.45, 2.75) is 49.6 Å². The molecule has 208 valence electrons. The summed E-state index contributed by atoms with van der Waals surface area (Å²) in [6.07, 6.45) is 2.16. The van der Waals surface area contributed by atoms with Crippen LogP contribution in [0.15, 0.2) is 71.6 Å². The highest BCUT2D eigenvalue weighted by atomic mass is 35.5. The van der Waals surface area contributed by atoms with E-state index in [0.29, 0.717) is 17.0 Å². The number of aromatic carboxylic acids is 1. The molecule has 0 fully saturated rings. The third-order valence-electron chi connectivity index (χ3n) is 7.29. The number of nitrogens with zero attached hydrogens (tertiary/aromatic N) is 1. The Morgan fingerprint density at radius 2 is 1.74 bits per heavy atom. The second-order valence-corrected chi connectivity index (χ2v) is 13.4. The monoisotopic (exact) mass is 570 g/mol. The number of fused-ring (bicyclic) bond motifs is 1. The molecule has 0 saturated carbocycles. The third kappa shape index (κ3) is 7.07. The number of β-amino-alcohol motifs (C(OH)–C–C–N with tert-alkyl or cyclic N) is 1. The van der Waals surface area contributed by atoms with Gasteiger partial charge >= 0.3 is 5.97 Å². The van der Waals surface area contributed by atoms with Gasteiger partial charge in [0.05, 0.1) is 16.6 Å². The predicted octanol–water partition coefficient (Wildman–Crippen LogP) is 4.86. The van der Waals surface area contributed by atoms with E-state index < -0.39 is 22.1 Å². The van der Waals surface area contributed by atoms with Crippen LogP contribution in [-0.4, -0.2) is 60.7 Å². The topological polar surface area (TPSA) is 107 Å². The maximum absolute atomic E-state index is 13.3. The quantitative estimate of drug-likeness (QED) is 0.304. The number of benzene rings is 3. The molecule has 7 nitrogen and oxygen atoms in total. The molecule has 3 aromatic carbocycles. The highest BCUT2D eigenvalue weighted by molar-refractivity contribution is 7.89. The number of carboxylic acids is 1. The molecule has 39 heavy (non-hydrogen) atoms. The molecule has 0 amide bonds. The number of hydrogen-bond acceptors (Lipinski definition) is 5. The van der Waals surface area contributed by atoms with Gasteiger partial charge < -0.3 is 15.5 Å². The highest BCUT2D eigenvalue weighted by Gasteiger charge is 2.29. The molecule has 1 aliphatic rings. The summed E-state index contributed by atoms with van der Waals surface area (Å²) in [4.78, 5) is 11.3. The van der Waals surface area contributed by atoms with Gasteiger partial charge in [0.1, 0.15) is 0 Å². The van der Waals surface area contributed by atoms with Crippen LogP contribution in [0.2, 0.25) is 5.02 Å². The number of sulfonamides is 1. The Kier molecular flexibility index (Phi) is 8.83. The largest absolute Gasteiger partial charge is 0.478 e. The van der Waals surface area contributed by atoms with Gasteiger partial charge in [-0.3, -0.25) is 0 Å². The summed E-state index contributed by atoms with van der Waals surface area (Å²) in [6, 6.07) is 19.2. The Balaban J connectivity index is 1.36. The normalized spacial score (nSPS) is 14.9. The lowest BCUT2D eigenvalue weighted by Gasteiger charge is -2.31. The summed E-state index contributed by atoms with van der Waals surface area (Å²) in [7, 11) is -2.45. The van der Waals surface area contributed by atoms with E-state index in [2.05, 4.69) is 43.4 Å². The second-order valence-electron chi connectivity index (χ2n) is 11.0. The van der Waals surface area contributed by atoms with E-state index in [-0.39, 0.29) is 34.1 Å². The first kappa shape index (κ1) is 29.2. The van der Waals surface area contributed by atoms with Gasteiger partial charge in [-0.15, -0.1) is 0 Å². The van der Waals surface area contributed by atoms with Gasteiger partial charge in [0.25, 0.3) is 0 Å². The number of hydrogen-bond donors (Lipinski definition) is 3. The minimum Gasteiger partial charge on any atom is -0.478 e. The van der Waals surface area contributed by atoms with Crippen molar-refractivity contribution < 1.29 is 23.4 Å². The molecule has 0 heterocycles. The maximum atomic E-state index is 13.3. The molecule has 1 unspecified atom stereocenters. The zero-order valence-corrected chi connectivity index (χ0v) is 24.0. The number of carbonyl (C=O) groups is 1. The average Bonchev–Trinajstić information content (AvgIpc) is 3.29. The van der Waals surface area contributed by atoms with Crippen LogP contribution in [0.5, 0.6) is 0 Å². The number of halogens is 1. The Bertz CT molecular complexity index is 1430. The van der Waals surface area contributed by atoms with Crippen LogP contribution in [0.4, 0.5) is 0 Å². The van der Waals surface area contributed by atoms with Crippen LogP contribution in [0, 0.1) is 5.92 Å². The van der Waals surface area contributed by atoms with Crippen molar-refractivity contribution in [2.75, 3.05) is 20.1 Å². The number of aliphatic hydroxyl groups is 1. The van der Waals surface area contributed by atoms with Crippen LogP contribution < -0.4 is 5.32 Å². The molecule has 3 N–H and O–H groups in total. The van der Waals surface area contributed by atoms with Crippen molar-refractivity contribution in [1.29, 1.82) is 0 Å². The van der Waals surface area contributed by atoms with Crippen LogP contribution in [0.1, 0.15) is 41.8 Å². The molecular formula is C30H35ClN2O5S. The number of likely N-dealkylation sites (N-methyl/N-ethyl adjacent to an activating group) is 1. The number of aliphatic hydroxyl groups excluding tert-OH is 1. The van der Waals surface area contributed by atoms with Crippen molar-refractivity contribution >= 4 is 27.6 Å². The lowest BCUT2D eigenvalue weighted by molar-refractivity contribution is 0.0697. The van der Waals surface area contributed by atoms with Crippen molar-refractivity contribution in [1.82, 2.24) is 9.62 Å². The molecule has 0 aliphatic heterocycles. The lowest BCUT2D eigenvalue weighted by atomic mass is 9.88. The lowest BCUT2D eigenvalue weighted by Crippen LogP contribution is -2.47. The number of nitrogens with one attached hydrogen (secondary N) is 1. The van der Waals surface area contributed by atoms with E-state index in [1.165, 1.54) is 42.4 Å². The van der Waals surface area contributed by atoms with Crippen LogP contribution in [-0.2, 0) is 22.9 Å². The smallest absolute Gasteiger partial charge is 0.335 e. The standard InChI is InChI=1S/C30H35ClN2O5S/c1-30(2,17-20-13-21-7-4-5-8-22(21)14-20)32-18-25(34)19-33(3)39(37,38)26-10-6-9-23(15-26)27-12-11-24(29(35)36)16-28(27)31/h4-12,15-16,20,25,32,34H,13-14,17-19H2,1-3H3,(H,35,36). The number of carboxylic acid groups (broad SMARTS) is 1. The molecule has 0 aromatic heterocycles. The summed E-state index contributed by atoms with van der Waals surface area (Å²) >= 11 is 6.29. The van der Waals surface area contributed by atoms with E-state index >= 15 is 0 Å². The molecular weight excluding hydrogens is 536 g/mol. The molecule has 0 saturated heterocycles. The van der Waals surface area contributed by atoms with E-state index in [1.54, 1.807) is 18.2 Å². The van der Waals surface area contributed by atoms with Gasteiger partial charge in [0, 0.05) is 36.3 Å². The van der Waals surface area contributed by atoms with Gasteiger partial charge in [-0.05, 0) is 80.0 Å². The number of rotatable bonds is 11. The molecule has 9 heteroatoms. The van der Waals surface area contributed by atoms with Crippen molar-refractivity contribution in [3.8, 4) is 11.1 Å². The predicted molar refractivity (Wildman–Crippen MR) is 154 cm³/mol. The molecule has 1 aliphatic carbocycles. The summed E-state index contributed by atoms with van der Waals surface area (Å²) < 4.78 is 27.8. The summed E-state index contributed by atoms with van der Waals surface area (Å²) in [5.41, 5.74) is 3.73. The zero-order chi connectivity index (χ0) is 28.4. The fourth-order valence-corrected chi connectivity index (χ4v) is 6.87. The average molecular weight is 571 g/mol. The van der Waals surface area contributed by atoms with Gasteiger partial charge in [-0.1, -0.05) is 54.1 Å². The van der Waals surface area contributed by atoms with E-state index in [1.807, 2.05) is 0 Å². The molecule has 0 spiro atoms. The van der Waals surface area contributed by atoms with Crippen molar-refractivity contribution in [3.63, 3.8) is 0 Å². The van der Waals surface area contributed by atoms with E-state index in [9.17, 15) is 18.3 Å². The summed E-state index contributed by atoms with van der Waals surface area (Å²) in [6.45, 7) is 4.42. The Labute approximate surface area is 235 Å². The van der Waals surface area contributed by atoms with Crippen LogP contribution in [0.25, 0.3) is 11.1 Å². The fraction of sp³-hybridized carbons (Fsp3) is 0.367. The van der Waals surface area contributed by atoms with Crippen molar-refractivity contribution in [3.05, 3.63) is 88.4 Å². The second kappa shape index (κ2) is 11.8.